The molecular formula is C12H15N3O6S. The van der Waals surface area contributed by atoms with E-state index in [0.717, 1.165) is 22.9 Å². The first-order valence-electron chi connectivity index (χ1n) is 6.50. The molecule has 9 nitrogen and oxygen atoms in total. The van der Waals surface area contributed by atoms with Crippen LogP contribution < -0.4 is 5.56 Å². The number of sulfone groups is 1. The van der Waals surface area contributed by atoms with Crippen molar-refractivity contribution < 1.29 is 18.1 Å². The van der Waals surface area contributed by atoms with Crippen molar-refractivity contribution in [3.63, 3.8) is 0 Å². The lowest BCUT2D eigenvalue weighted by atomic mass is 10.2. The zero-order valence-electron chi connectivity index (χ0n) is 11.8. The number of aromatic nitrogens is 1. The number of rotatable bonds is 4. The van der Waals surface area contributed by atoms with E-state index in [-0.39, 0.29) is 23.7 Å². The lowest BCUT2D eigenvalue weighted by molar-refractivity contribution is -0.385. The Morgan fingerprint density at radius 3 is 2.73 bits per heavy atom. The Labute approximate surface area is 126 Å². The van der Waals surface area contributed by atoms with Crippen LogP contribution in [-0.2, 0) is 21.2 Å². The summed E-state index contributed by atoms with van der Waals surface area (Å²) in [6.45, 7) is -0.367. The third kappa shape index (κ3) is 3.50. The van der Waals surface area contributed by atoms with Gasteiger partial charge in [0.2, 0.25) is 5.91 Å². The molecule has 1 aliphatic heterocycles. The summed E-state index contributed by atoms with van der Waals surface area (Å²) < 4.78 is 23.8. The van der Waals surface area contributed by atoms with E-state index in [1.165, 1.54) is 11.9 Å². The van der Waals surface area contributed by atoms with Crippen LogP contribution in [0.15, 0.2) is 23.1 Å². The van der Waals surface area contributed by atoms with Crippen LogP contribution in [0.3, 0.4) is 0 Å². The molecular weight excluding hydrogens is 314 g/mol. The smallest absolute Gasteiger partial charge is 0.285 e. The van der Waals surface area contributed by atoms with E-state index >= 15 is 0 Å². The number of hydrogen-bond acceptors (Lipinski definition) is 6. The summed E-state index contributed by atoms with van der Waals surface area (Å²) in [5, 5.41) is 10.7. The van der Waals surface area contributed by atoms with E-state index in [4.69, 9.17) is 0 Å². The maximum absolute atomic E-state index is 12.1. The van der Waals surface area contributed by atoms with Gasteiger partial charge in [-0.2, -0.15) is 0 Å². The van der Waals surface area contributed by atoms with Gasteiger partial charge in [-0.05, 0) is 6.42 Å². The minimum Gasteiger partial charge on any atom is -0.340 e. The van der Waals surface area contributed by atoms with Crippen LogP contribution in [0.4, 0.5) is 5.69 Å². The van der Waals surface area contributed by atoms with E-state index in [1.807, 2.05) is 0 Å². The molecule has 120 valence electrons. The molecule has 1 atom stereocenters. The summed E-state index contributed by atoms with van der Waals surface area (Å²) in [6.07, 6.45) is 1.36. The molecule has 1 saturated heterocycles. The van der Waals surface area contributed by atoms with E-state index in [9.17, 15) is 28.1 Å². The number of likely N-dealkylation sites (N-methyl/N-ethyl adjacent to an activating group) is 1. The fourth-order valence-corrected chi connectivity index (χ4v) is 4.07. The minimum atomic E-state index is -3.12. The lowest BCUT2D eigenvalue weighted by Crippen LogP contribution is -2.41. The van der Waals surface area contributed by atoms with Gasteiger partial charge in [0.25, 0.3) is 11.2 Å². The third-order valence-electron chi connectivity index (χ3n) is 3.63. The van der Waals surface area contributed by atoms with Crippen molar-refractivity contribution in [3.05, 3.63) is 38.8 Å². The molecule has 10 heteroatoms. The van der Waals surface area contributed by atoms with Gasteiger partial charge in [0.1, 0.15) is 6.54 Å². The van der Waals surface area contributed by atoms with Crippen molar-refractivity contribution >= 4 is 21.4 Å². The Balaban J connectivity index is 2.13. The normalized spacial score (nSPS) is 19.8. The molecule has 0 aliphatic carbocycles. The quantitative estimate of drug-likeness (QED) is 0.537. The van der Waals surface area contributed by atoms with Gasteiger partial charge in [0.05, 0.1) is 22.6 Å². The van der Waals surface area contributed by atoms with Crippen LogP contribution in [0.25, 0.3) is 0 Å². The average molecular weight is 329 g/mol. The Morgan fingerprint density at radius 1 is 1.50 bits per heavy atom. The molecule has 0 saturated carbocycles. The predicted octanol–water partition coefficient (Wildman–Crippen LogP) is -0.598. The van der Waals surface area contributed by atoms with Crippen LogP contribution in [0.5, 0.6) is 0 Å². The molecule has 0 unspecified atom stereocenters. The first-order chi connectivity index (χ1) is 10.2. The average Bonchev–Trinajstić information content (AvgIpc) is 2.80. The lowest BCUT2D eigenvalue weighted by Gasteiger charge is -2.23. The molecule has 0 bridgehead atoms. The molecule has 1 amide bonds. The molecule has 2 rings (SSSR count). The van der Waals surface area contributed by atoms with Gasteiger partial charge in [-0.1, -0.05) is 0 Å². The Hall–Kier alpha value is -2.23. The molecule has 22 heavy (non-hydrogen) atoms. The van der Waals surface area contributed by atoms with Crippen molar-refractivity contribution in [2.24, 2.45) is 0 Å². The Kier molecular flexibility index (Phi) is 4.31. The number of nitrogens with zero attached hydrogens (tertiary/aromatic N) is 3. The van der Waals surface area contributed by atoms with Gasteiger partial charge in [0, 0.05) is 25.2 Å². The molecule has 1 fully saturated rings. The van der Waals surface area contributed by atoms with E-state index in [1.54, 1.807) is 0 Å². The summed E-state index contributed by atoms with van der Waals surface area (Å²) in [5.41, 5.74) is -0.829. The summed E-state index contributed by atoms with van der Waals surface area (Å²) >= 11 is 0. The number of hydrogen-bond donors (Lipinski definition) is 0. The first kappa shape index (κ1) is 16.1. The highest BCUT2D eigenvalue weighted by molar-refractivity contribution is 7.91. The molecule has 0 aromatic carbocycles. The maximum Gasteiger partial charge on any atom is 0.285 e. The molecule has 1 aromatic heterocycles. The summed E-state index contributed by atoms with van der Waals surface area (Å²) in [6, 6.07) is 1.66. The SMILES string of the molecule is CN(C(=O)Cn1cc([N+](=O)[O-])ccc1=O)[C@H]1CCS(=O)(=O)C1. The van der Waals surface area contributed by atoms with Crippen molar-refractivity contribution in [2.75, 3.05) is 18.6 Å². The monoisotopic (exact) mass is 329 g/mol. The minimum absolute atomic E-state index is 0.0338. The number of nitro groups is 1. The second kappa shape index (κ2) is 5.87. The van der Waals surface area contributed by atoms with E-state index in [0.29, 0.717) is 6.42 Å². The van der Waals surface area contributed by atoms with Crippen molar-refractivity contribution in [3.8, 4) is 0 Å². The van der Waals surface area contributed by atoms with Gasteiger partial charge in [-0.3, -0.25) is 24.3 Å². The standard InChI is InChI=1S/C12H15N3O6S/c1-13(10-4-5-22(20,21)8-10)12(17)7-14-6-9(15(18)19)2-3-11(14)16/h2-3,6,10H,4-5,7-8H2,1H3/t10-/m0/s1. The van der Waals surface area contributed by atoms with Gasteiger partial charge >= 0.3 is 0 Å². The van der Waals surface area contributed by atoms with E-state index in [2.05, 4.69) is 0 Å². The zero-order valence-corrected chi connectivity index (χ0v) is 12.7. The fraction of sp³-hybridized carbons (Fsp3) is 0.500. The van der Waals surface area contributed by atoms with E-state index < -0.39 is 32.3 Å². The number of amides is 1. The topological polar surface area (TPSA) is 120 Å². The first-order valence-corrected chi connectivity index (χ1v) is 8.33. The van der Waals surface area contributed by atoms with Crippen LogP contribution >= 0.6 is 0 Å². The molecule has 0 N–H and O–H groups in total. The second-order valence-corrected chi connectivity index (χ2v) is 7.40. The summed E-state index contributed by atoms with van der Waals surface area (Å²) in [4.78, 5) is 35.1. The number of carbonyl (C=O) groups excluding carboxylic acids is 1. The van der Waals surface area contributed by atoms with Crippen LogP contribution in [0.2, 0.25) is 0 Å². The maximum atomic E-state index is 12.1. The number of carbonyl (C=O) groups is 1. The summed E-state index contributed by atoms with van der Waals surface area (Å²) in [7, 11) is -1.66. The fourth-order valence-electron chi connectivity index (χ4n) is 2.29. The number of pyridine rings is 1. The molecule has 2 heterocycles. The Morgan fingerprint density at radius 2 is 2.18 bits per heavy atom. The molecule has 0 spiro atoms. The van der Waals surface area contributed by atoms with Gasteiger partial charge < -0.3 is 4.90 Å². The van der Waals surface area contributed by atoms with Crippen LogP contribution in [0.1, 0.15) is 6.42 Å². The highest BCUT2D eigenvalue weighted by atomic mass is 32.2. The molecule has 1 aromatic rings. The predicted molar refractivity (Wildman–Crippen MR) is 77.2 cm³/mol. The highest BCUT2D eigenvalue weighted by Crippen LogP contribution is 2.17. The molecule has 0 radical (unpaired) electrons. The van der Waals surface area contributed by atoms with Gasteiger partial charge in [-0.15, -0.1) is 0 Å². The molecule has 1 aliphatic rings. The van der Waals surface area contributed by atoms with Crippen molar-refractivity contribution in [2.45, 2.75) is 19.0 Å². The van der Waals surface area contributed by atoms with Crippen LogP contribution in [-0.4, -0.2) is 53.3 Å². The largest absolute Gasteiger partial charge is 0.340 e. The zero-order chi connectivity index (χ0) is 16.5. The van der Waals surface area contributed by atoms with Gasteiger partial charge in [0.15, 0.2) is 9.84 Å². The van der Waals surface area contributed by atoms with Crippen molar-refractivity contribution in [1.82, 2.24) is 9.47 Å². The highest BCUT2D eigenvalue weighted by Gasteiger charge is 2.32. The Bertz CT molecular complexity index is 769. The summed E-state index contributed by atoms with van der Waals surface area (Å²) in [5.74, 6) is -0.532. The van der Waals surface area contributed by atoms with Crippen molar-refractivity contribution in [1.29, 1.82) is 0 Å². The second-order valence-electron chi connectivity index (χ2n) is 5.17. The van der Waals surface area contributed by atoms with Crippen LogP contribution in [0, 0.1) is 10.1 Å². The van der Waals surface area contributed by atoms with Gasteiger partial charge in [-0.25, -0.2) is 8.42 Å². The third-order valence-corrected chi connectivity index (χ3v) is 5.38.